The van der Waals surface area contributed by atoms with Gasteiger partial charge in [0.1, 0.15) is 6.04 Å². The fourth-order valence-electron chi connectivity index (χ4n) is 2.92. The molecule has 0 aliphatic rings. The van der Waals surface area contributed by atoms with E-state index in [9.17, 15) is 14.4 Å². The van der Waals surface area contributed by atoms with E-state index in [1.54, 1.807) is 14.1 Å². The van der Waals surface area contributed by atoms with Crippen LogP contribution in [0, 0.1) is 5.41 Å². The van der Waals surface area contributed by atoms with Gasteiger partial charge in [0.2, 0.25) is 11.8 Å². The number of carboxylic acids is 1. The number of rotatable bonds is 10. The number of hydrogen-bond acceptors (Lipinski definition) is 5. The number of hydrogen-bond donors (Lipinski definition) is 4. The summed E-state index contributed by atoms with van der Waals surface area (Å²) in [5.41, 5.74) is 2.48. The molecule has 1 aromatic carbocycles. The molecular formula is C29H52N4O4. The topological polar surface area (TPSA) is 111 Å². The summed E-state index contributed by atoms with van der Waals surface area (Å²) < 4.78 is 0. The number of nitrogens with one attached hydrogen (secondary N) is 3. The van der Waals surface area contributed by atoms with Gasteiger partial charge in [-0.25, -0.2) is 4.79 Å². The summed E-state index contributed by atoms with van der Waals surface area (Å²) >= 11 is 0. The van der Waals surface area contributed by atoms with Crippen LogP contribution in [0.1, 0.15) is 78.9 Å². The minimum atomic E-state index is -1.02. The van der Waals surface area contributed by atoms with Gasteiger partial charge in [0.05, 0.1) is 6.54 Å². The third kappa shape index (κ3) is 16.6. The number of likely N-dealkylation sites (N-methyl/N-ethyl adjacent to an activating group) is 2. The van der Waals surface area contributed by atoms with Crippen LogP contribution < -0.4 is 16.0 Å². The van der Waals surface area contributed by atoms with Crippen LogP contribution in [-0.4, -0.2) is 68.1 Å². The molecule has 0 bridgehead atoms. The maximum Gasteiger partial charge on any atom is 0.331 e. The SMILES string of the molecule is CCC.CNCC(=O)NC(C(=O)N(C)C/C=C(\C)C(=O)O)C(C)(C)C.CNCc1ccc(C(C)C)cc1. The molecule has 1 unspecified atom stereocenters. The van der Waals surface area contributed by atoms with Gasteiger partial charge in [-0.3, -0.25) is 9.59 Å². The molecule has 4 N–H and O–H groups in total. The van der Waals surface area contributed by atoms with Crippen molar-refractivity contribution in [3.05, 3.63) is 47.0 Å². The van der Waals surface area contributed by atoms with E-state index in [-0.39, 0.29) is 30.5 Å². The van der Waals surface area contributed by atoms with E-state index < -0.39 is 17.4 Å². The van der Waals surface area contributed by atoms with Gasteiger partial charge in [-0.2, -0.15) is 0 Å². The average molecular weight is 521 g/mol. The molecule has 0 radical (unpaired) electrons. The molecule has 0 spiro atoms. The predicted octanol–water partition coefficient (Wildman–Crippen LogP) is 4.17. The van der Waals surface area contributed by atoms with Gasteiger partial charge in [-0.05, 0) is 43.5 Å². The van der Waals surface area contributed by atoms with Crippen molar-refractivity contribution >= 4 is 17.8 Å². The summed E-state index contributed by atoms with van der Waals surface area (Å²) in [4.78, 5) is 36.4. The van der Waals surface area contributed by atoms with Crippen LogP contribution in [-0.2, 0) is 20.9 Å². The van der Waals surface area contributed by atoms with E-state index in [0.717, 1.165) is 6.54 Å². The lowest BCUT2D eigenvalue weighted by molar-refractivity contribution is -0.137. The van der Waals surface area contributed by atoms with Crippen LogP contribution in [0.4, 0.5) is 0 Å². The Morgan fingerprint density at radius 1 is 1.03 bits per heavy atom. The molecule has 1 aromatic rings. The minimum Gasteiger partial charge on any atom is -0.478 e. The summed E-state index contributed by atoms with van der Waals surface area (Å²) in [5, 5.41) is 17.4. The Balaban J connectivity index is 0. The highest BCUT2D eigenvalue weighted by Crippen LogP contribution is 2.21. The van der Waals surface area contributed by atoms with Gasteiger partial charge in [0.25, 0.3) is 0 Å². The normalized spacial score (nSPS) is 11.9. The number of amides is 2. The molecule has 0 saturated heterocycles. The highest BCUT2D eigenvalue weighted by atomic mass is 16.4. The maximum atomic E-state index is 12.5. The van der Waals surface area contributed by atoms with Gasteiger partial charge in [0.15, 0.2) is 0 Å². The van der Waals surface area contributed by atoms with Crippen LogP contribution in [0.2, 0.25) is 0 Å². The van der Waals surface area contributed by atoms with Crippen LogP contribution in [0.5, 0.6) is 0 Å². The zero-order valence-electron chi connectivity index (χ0n) is 25.0. The number of carbonyl (C=O) groups excluding carboxylic acids is 2. The summed E-state index contributed by atoms with van der Waals surface area (Å²) in [6.07, 6.45) is 2.72. The quantitative estimate of drug-likeness (QED) is 0.345. The molecular weight excluding hydrogens is 468 g/mol. The zero-order valence-corrected chi connectivity index (χ0v) is 25.0. The minimum absolute atomic E-state index is 0.127. The standard InChI is InChI=1S/C15H27N3O4.C11H17N.C3H8/c1-10(14(21)22)7-8-18(6)13(20)12(15(2,3)4)17-11(19)9-16-5;1-9(2)11-6-4-10(5-7-11)8-12-3;1-3-2/h7,12,16H,8-9H2,1-6H3,(H,17,19)(H,21,22);4-7,9,12H,8H2,1-3H3;3H2,1-2H3/b10-7+;;. The Hall–Kier alpha value is -2.71. The van der Waals surface area contributed by atoms with Gasteiger partial charge in [-0.1, -0.05) is 85.2 Å². The van der Waals surface area contributed by atoms with Crippen molar-refractivity contribution in [1.29, 1.82) is 0 Å². The van der Waals surface area contributed by atoms with E-state index in [1.807, 2.05) is 27.8 Å². The van der Waals surface area contributed by atoms with E-state index in [0.29, 0.717) is 5.92 Å². The van der Waals surface area contributed by atoms with Crippen molar-refractivity contribution in [2.45, 2.75) is 80.3 Å². The first-order chi connectivity index (χ1) is 17.2. The van der Waals surface area contributed by atoms with Crippen LogP contribution in [0.3, 0.4) is 0 Å². The molecule has 212 valence electrons. The molecule has 0 aromatic heterocycles. The molecule has 0 saturated carbocycles. The van der Waals surface area contributed by atoms with Crippen molar-refractivity contribution < 1.29 is 19.5 Å². The molecule has 0 aliphatic carbocycles. The van der Waals surface area contributed by atoms with Gasteiger partial charge < -0.3 is 26.0 Å². The van der Waals surface area contributed by atoms with E-state index in [1.165, 1.54) is 35.4 Å². The largest absolute Gasteiger partial charge is 0.478 e. The number of carboxylic acid groups (broad SMARTS) is 1. The fraction of sp³-hybridized carbons (Fsp3) is 0.621. The maximum absolute atomic E-state index is 12.5. The second-order valence-electron chi connectivity index (χ2n) is 10.4. The molecule has 2 amide bonds. The lowest BCUT2D eigenvalue weighted by Gasteiger charge is -2.33. The number of carbonyl (C=O) groups is 3. The fourth-order valence-corrected chi connectivity index (χ4v) is 2.92. The molecule has 8 heteroatoms. The van der Waals surface area contributed by atoms with Crippen molar-refractivity contribution in [2.24, 2.45) is 5.41 Å². The van der Waals surface area contributed by atoms with E-state index in [2.05, 4.69) is 67.9 Å². The number of aliphatic carboxylic acids is 1. The smallest absolute Gasteiger partial charge is 0.331 e. The van der Waals surface area contributed by atoms with Gasteiger partial charge in [0, 0.05) is 25.7 Å². The number of benzene rings is 1. The molecule has 0 fully saturated rings. The average Bonchev–Trinajstić information content (AvgIpc) is 2.81. The van der Waals surface area contributed by atoms with Crippen molar-refractivity contribution in [1.82, 2.24) is 20.9 Å². The molecule has 0 aliphatic heterocycles. The third-order valence-corrected chi connectivity index (χ3v) is 5.17. The first-order valence-corrected chi connectivity index (χ1v) is 13.0. The van der Waals surface area contributed by atoms with Gasteiger partial charge in [-0.15, -0.1) is 0 Å². The molecule has 8 nitrogen and oxygen atoms in total. The second kappa shape index (κ2) is 19.4. The summed E-state index contributed by atoms with van der Waals surface area (Å²) in [6, 6.07) is 8.10. The zero-order chi connectivity index (χ0) is 29.2. The Morgan fingerprint density at radius 3 is 1.92 bits per heavy atom. The first kappa shape index (κ1) is 36.4. The van der Waals surface area contributed by atoms with Crippen molar-refractivity contribution in [2.75, 3.05) is 34.2 Å². The van der Waals surface area contributed by atoms with Crippen LogP contribution in [0.25, 0.3) is 0 Å². The summed E-state index contributed by atoms with van der Waals surface area (Å²) in [7, 11) is 5.20. The molecule has 0 heterocycles. The lowest BCUT2D eigenvalue weighted by atomic mass is 9.85. The predicted molar refractivity (Wildman–Crippen MR) is 154 cm³/mol. The van der Waals surface area contributed by atoms with Crippen LogP contribution >= 0.6 is 0 Å². The third-order valence-electron chi connectivity index (χ3n) is 5.17. The first-order valence-electron chi connectivity index (χ1n) is 13.0. The summed E-state index contributed by atoms with van der Waals surface area (Å²) in [6.45, 7) is 17.0. The lowest BCUT2D eigenvalue weighted by Crippen LogP contribution is -2.55. The van der Waals surface area contributed by atoms with Gasteiger partial charge >= 0.3 is 5.97 Å². The van der Waals surface area contributed by atoms with Crippen molar-refractivity contribution in [3.63, 3.8) is 0 Å². The van der Waals surface area contributed by atoms with Crippen LogP contribution in [0.15, 0.2) is 35.9 Å². The Labute approximate surface area is 225 Å². The number of nitrogens with zero attached hydrogens (tertiary/aromatic N) is 1. The Morgan fingerprint density at radius 2 is 1.54 bits per heavy atom. The monoisotopic (exact) mass is 520 g/mol. The van der Waals surface area contributed by atoms with E-state index in [4.69, 9.17) is 5.11 Å². The Bertz CT molecular complexity index is 827. The highest BCUT2D eigenvalue weighted by molar-refractivity contribution is 5.89. The molecule has 1 rings (SSSR count). The summed E-state index contributed by atoms with van der Waals surface area (Å²) in [5.74, 6) is -0.906. The second-order valence-corrected chi connectivity index (χ2v) is 10.4. The van der Waals surface area contributed by atoms with E-state index >= 15 is 0 Å². The molecule has 37 heavy (non-hydrogen) atoms. The Kier molecular flexibility index (Phi) is 19.1. The highest BCUT2D eigenvalue weighted by Gasteiger charge is 2.34. The van der Waals surface area contributed by atoms with Crippen molar-refractivity contribution in [3.8, 4) is 0 Å². The molecule has 1 atom stereocenters.